The van der Waals surface area contributed by atoms with Crippen molar-refractivity contribution in [1.82, 2.24) is 40.2 Å². The van der Waals surface area contributed by atoms with Crippen molar-refractivity contribution in [2.75, 3.05) is 59.2 Å². The number of carbonyl (C=O) groups excluding carboxylic acids is 9. The van der Waals surface area contributed by atoms with Crippen LogP contribution in [0.15, 0.2) is 65.5 Å². The van der Waals surface area contributed by atoms with E-state index >= 15 is 0 Å². The number of nitrogens with one attached hydrogen (secondary N) is 4. The SMILES string of the molecule is CC.CC(C)C(NC(=O)CCCCCN1C(=O)C=CC1=O)C(=O)NCC(=O)Nc1ccc(COC(=O)N(C)CCN(C)C)cc1.CCCNC(N)=O.CCc1c2c(nc3ccc(OC=O)cc13)-c1cc(C(C)O)c(COC=O)c(=O)n1C2. The quantitative estimate of drug-likeness (QED) is 0.0245. The summed E-state index contributed by atoms with van der Waals surface area (Å²) in [5.74, 6) is -1.63. The first kappa shape index (κ1) is 67.8. The Balaban J connectivity index is 0.000000390. The number of aromatic nitrogens is 2. The highest BCUT2D eigenvalue weighted by molar-refractivity contribution is 6.12. The van der Waals surface area contributed by atoms with Gasteiger partial charge in [-0.25, -0.2) is 14.6 Å². The Kier molecular flexibility index (Phi) is 28.6. The lowest BCUT2D eigenvalue weighted by atomic mass is 9.98. The first-order valence-corrected chi connectivity index (χ1v) is 27.3. The number of primary amides is 1. The molecule has 2 aliphatic rings. The summed E-state index contributed by atoms with van der Waals surface area (Å²) in [5.41, 5.74) is 10.3. The Morgan fingerprint density at radius 1 is 0.841 bits per heavy atom. The maximum absolute atomic E-state index is 13.2. The fourth-order valence-electron chi connectivity index (χ4n) is 8.39. The fourth-order valence-corrected chi connectivity index (χ4v) is 8.39. The maximum atomic E-state index is 13.2. The van der Waals surface area contributed by atoms with Gasteiger partial charge >= 0.3 is 12.1 Å². The van der Waals surface area contributed by atoms with E-state index in [0.717, 1.165) is 45.5 Å². The van der Waals surface area contributed by atoms with Gasteiger partial charge in [0.1, 0.15) is 25.0 Å². The van der Waals surface area contributed by atoms with Gasteiger partial charge in [0.05, 0.1) is 41.7 Å². The van der Waals surface area contributed by atoms with Crippen molar-refractivity contribution in [2.24, 2.45) is 11.7 Å². The lowest BCUT2D eigenvalue weighted by Crippen LogP contribution is -2.51. The summed E-state index contributed by atoms with van der Waals surface area (Å²) < 4.78 is 16.7. The molecule has 4 heterocycles. The lowest BCUT2D eigenvalue weighted by molar-refractivity contribution is -0.137. The van der Waals surface area contributed by atoms with Gasteiger partial charge < -0.3 is 60.7 Å². The highest BCUT2D eigenvalue weighted by Crippen LogP contribution is 2.38. The number of benzene rings is 2. The van der Waals surface area contributed by atoms with Crippen LogP contribution in [0.2, 0.25) is 0 Å². The van der Waals surface area contributed by atoms with E-state index in [0.29, 0.717) is 86.7 Å². The summed E-state index contributed by atoms with van der Waals surface area (Å²) in [6, 6.07) is 12.5. The third-order valence-corrected chi connectivity index (χ3v) is 12.7. The molecule has 0 aliphatic carbocycles. The van der Waals surface area contributed by atoms with Crippen molar-refractivity contribution in [3.63, 3.8) is 0 Å². The molecule has 2 atom stereocenters. The third kappa shape index (κ3) is 20.5. The van der Waals surface area contributed by atoms with E-state index in [2.05, 4.69) is 21.3 Å². The zero-order chi connectivity index (χ0) is 61.1. The Morgan fingerprint density at radius 2 is 1.52 bits per heavy atom. The van der Waals surface area contributed by atoms with Crippen molar-refractivity contribution in [1.29, 1.82) is 0 Å². The smallest absolute Gasteiger partial charge is 0.409 e. The minimum absolute atomic E-state index is 0.0933. The van der Waals surface area contributed by atoms with Crippen LogP contribution >= 0.6 is 0 Å². The van der Waals surface area contributed by atoms with Crippen LogP contribution in [0, 0.1) is 5.92 Å². The number of fused-ring (bicyclic) bond motifs is 4. The van der Waals surface area contributed by atoms with Crippen LogP contribution in [0.3, 0.4) is 0 Å². The number of amides is 8. The molecule has 0 saturated heterocycles. The van der Waals surface area contributed by atoms with Gasteiger partial charge in [-0.3, -0.25) is 43.3 Å². The predicted octanol–water partition coefficient (Wildman–Crippen LogP) is 4.84. The number of imide groups is 1. The molecule has 2 aromatic heterocycles. The molecular formula is C58H80N10O14. The number of hydrogen-bond acceptors (Lipinski definition) is 16. The summed E-state index contributed by atoms with van der Waals surface area (Å²) >= 11 is 0. The number of pyridine rings is 2. The molecule has 0 saturated carbocycles. The number of ether oxygens (including phenoxy) is 3. The predicted molar refractivity (Wildman–Crippen MR) is 308 cm³/mol. The molecule has 24 heteroatoms. The first-order chi connectivity index (χ1) is 39.1. The minimum Gasteiger partial charge on any atom is -0.463 e. The average Bonchev–Trinajstić information content (AvgIpc) is 4.05. The number of anilines is 1. The van der Waals surface area contributed by atoms with Gasteiger partial charge in [-0.05, 0) is 106 Å². The second-order valence-corrected chi connectivity index (χ2v) is 19.4. The number of aliphatic hydroxyl groups is 1. The van der Waals surface area contributed by atoms with E-state index in [1.807, 2.05) is 46.7 Å². The zero-order valence-corrected chi connectivity index (χ0v) is 48.6. The molecule has 4 aromatic rings. The molecule has 7 N–H and O–H groups in total. The van der Waals surface area contributed by atoms with Gasteiger partial charge in [-0.1, -0.05) is 60.1 Å². The van der Waals surface area contributed by atoms with Gasteiger partial charge in [-0.2, -0.15) is 0 Å². The van der Waals surface area contributed by atoms with E-state index < -0.39 is 36.1 Å². The van der Waals surface area contributed by atoms with Crippen molar-refractivity contribution in [2.45, 2.75) is 119 Å². The summed E-state index contributed by atoms with van der Waals surface area (Å²) in [4.78, 5) is 127. The molecule has 82 heavy (non-hydrogen) atoms. The normalized spacial score (nSPS) is 12.5. The molecule has 446 valence electrons. The van der Waals surface area contributed by atoms with Crippen molar-refractivity contribution in [3.05, 3.63) is 98.9 Å². The van der Waals surface area contributed by atoms with Crippen LogP contribution in [0.5, 0.6) is 5.75 Å². The molecule has 0 radical (unpaired) electrons. The van der Waals surface area contributed by atoms with Gasteiger partial charge in [0, 0.05) is 68.4 Å². The zero-order valence-electron chi connectivity index (χ0n) is 48.6. The monoisotopic (exact) mass is 1140 g/mol. The standard InChI is InChI=1S/C30H44N6O7.C22H20N2O6.C4H10N2O.C2H6/c1-21(2)28(33-24(37)9-7-6-8-16-36-26(39)14-15-27(36)40)29(41)31-19-25(38)32-23-12-10-22(11-13-23)20-43-30(42)35(5)18-17-34(3)4;1-3-14-16-6-13(30-11-26)4-5-19(16)23-21-17(14)8-24-20(21)7-15(12(2)27)18(22(24)28)9-29-10-25;1-2-3-6-4(5)7;1-2/h10-15,21,28H,6-9,16-20H2,1-5H3,(H,31,41)(H,32,38)(H,33,37);4-7,10-12,27H,3,8-9H2,1-2H3;2-3H2,1H3,(H3,5,6,7);1-2H3. The fraction of sp³-hybridized carbons (Fsp3) is 0.466. The number of aryl methyl sites for hydroxylation is 1. The summed E-state index contributed by atoms with van der Waals surface area (Å²) in [7, 11) is 5.53. The molecule has 2 unspecified atom stereocenters. The van der Waals surface area contributed by atoms with Gasteiger partial charge in [0.15, 0.2) is 0 Å². The number of likely N-dealkylation sites (N-methyl/N-ethyl adjacent to an activating group) is 2. The van der Waals surface area contributed by atoms with Gasteiger partial charge in [0.25, 0.3) is 30.3 Å². The number of nitrogens with zero attached hydrogens (tertiary/aromatic N) is 5. The molecule has 0 fully saturated rings. The van der Waals surface area contributed by atoms with Crippen LogP contribution in [0.25, 0.3) is 22.3 Å². The third-order valence-electron chi connectivity index (χ3n) is 12.7. The van der Waals surface area contributed by atoms with E-state index in [1.54, 1.807) is 80.9 Å². The van der Waals surface area contributed by atoms with Gasteiger partial charge in [0.2, 0.25) is 17.7 Å². The molecule has 24 nitrogen and oxygen atoms in total. The summed E-state index contributed by atoms with van der Waals surface area (Å²) in [5, 5.41) is 21.5. The molecule has 6 rings (SSSR count). The van der Waals surface area contributed by atoms with E-state index in [9.17, 15) is 53.1 Å². The Hall–Kier alpha value is -8.51. The van der Waals surface area contributed by atoms with Crippen LogP contribution < -0.4 is 37.3 Å². The minimum atomic E-state index is -0.910. The first-order valence-electron chi connectivity index (χ1n) is 27.3. The lowest BCUT2D eigenvalue weighted by Gasteiger charge is -2.21. The average molecular weight is 1140 g/mol. The van der Waals surface area contributed by atoms with Crippen molar-refractivity contribution < 1.29 is 62.5 Å². The van der Waals surface area contributed by atoms with Crippen molar-refractivity contribution >= 4 is 71.2 Å². The Morgan fingerprint density at radius 3 is 2.10 bits per heavy atom. The number of aliphatic hydroxyl groups excluding tert-OH is 1. The maximum Gasteiger partial charge on any atom is 0.409 e. The highest BCUT2D eigenvalue weighted by atomic mass is 16.6. The molecular weight excluding hydrogens is 1060 g/mol. The number of rotatable bonds is 26. The molecule has 2 aromatic carbocycles. The highest BCUT2D eigenvalue weighted by Gasteiger charge is 2.30. The van der Waals surface area contributed by atoms with E-state index in [-0.39, 0.29) is 67.4 Å². The van der Waals surface area contributed by atoms with Gasteiger partial charge in [-0.15, -0.1) is 0 Å². The summed E-state index contributed by atoms with van der Waals surface area (Å²) in [6.45, 7) is 16.0. The number of unbranched alkanes of at least 4 members (excludes halogenated alkanes) is 2. The largest absolute Gasteiger partial charge is 0.463 e. The van der Waals surface area contributed by atoms with E-state index in [4.69, 9.17) is 24.9 Å². The van der Waals surface area contributed by atoms with E-state index in [1.165, 1.54) is 17.1 Å². The number of carbonyl (C=O) groups is 9. The second-order valence-electron chi connectivity index (χ2n) is 19.4. The van der Waals surface area contributed by atoms with Crippen LogP contribution in [0.4, 0.5) is 15.3 Å². The number of hydrogen-bond donors (Lipinski definition) is 6. The van der Waals surface area contributed by atoms with Crippen LogP contribution in [-0.2, 0) is 69.2 Å². The topological polar surface area (TPSA) is 320 Å². The number of nitrogens with two attached hydrogens (primary N) is 1. The molecule has 0 spiro atoms. The molecule has 0 bridgehead atoms. The van der Waals surface area contributed by atoms with Crippen LogP contribution in [0.1, 0.15) is 114 Å². The summed E-state index contributed by atoms with van der Waals surface area (Å²) in [6.07, 6.45) is 4.74. The second kappa shape index (κ2) is 34.6. The number of urea groups is 1. The Bertz CT molecular complexity index is 2920. The molecule has 2 aliphatic heterocycles. The molecule has 8 amide bonds. The van der Waals surface area contributed by atoms with Crippen LogP contribution in [-0.4, -0.2) is 144 Å². The Labute approximate surface area is 478 Å². The van der Waals surface area contributed by atoms with Crippen molar-refractivity contribution in [3.8, 4) is 17.1 Å².